The number of methoxy groups -OCH3 is 2. The Morgan fingerprint density at radius 1 is 1.02 bits per heavy atom. The summed E-state index contributed by atoms with van der Waals surface area (Å²) in [4.78, 5) is 28.8. The van der Waals surface area contributed by atoms with Gasteiger partial charge in [-0.2, -0.15) is 0 Å². The summed E-state index contributed by atoms with van der Waals surface area (Å²) in [7, 11) is 3.29. The smallest absolute Gasteiger partial charge is 0.229 e. The lowest BCUT2D eigenvalue weighted by Gasteiger charge is -2.22. The van der Waals surface area contributed by atoms with Crippen LogP contribution in [0.2, 0.25) is 0 Å². The highest BCUT2D eigenvalue weighted by Gasteiger charge is 2.32. The first-order valence-electron chi connectivity index (χ1n) is 14.0. The van der Waals surface area contributed by atoms with E-state index in [9.17, 15) is 4.79 Å². The molecule has 0 atom stereocenters. The van der Waals surface area contributed by atoms with E-state index in [2.05, 4.69) is 56.7 Å². The van der Waals surface area contributed by atoms with E-state index in [-0.39, 0.29) is 5.91 Å². The number of carbonyl (C=O) groups excluding carboxylic acids is 1. The Morgan fingerprint density at radius 3 is 2.64 bits per heavy atom. The fourth-order valence-electron chi connectivity index (χ4n) is 5.15. The van der Waals surface area contributed by atoms with Gasteiger partial charge in [0, 0.05) is 41.5 Å². The van der Waals surface area contributed by atoms with Crippen molar-refractivity contribution in [1.82, 2.24) is 19.9 Å². The number of nitrogens with zero attached hydrogens (tertiary/aromatic N) is 4. The zero-order chi connectivity index (χ0) is 29.1. The van der Waals surface area contributed by atoms with Crippen molar-refractivity contribution < 1.29 is 14.3 Å². The number of ether oxygens (including phenoxy) is 2. The highest BCUT2D eigenvalue weighted by Crippen LogP contribution is 2.32. The Morgan fingerprint density at radius 2 is 1.88 bits per heavy atom. The van der Waals surface area contributed by atoms with Crippen LogP contribution < -0.4 is 14.8 Å². The Bertz CT molecular complexity index is 1730. The quantitative estimate of drug-likeness (QED) is 0.193. The minimum atomic E-state index is 0.139. The molecule has 3 aromatic carbocycles. The lowest BCUT2D eigenvalue weighted by atomic mass is 10.0. The summed E-state index contributed by atoms with van der Waals surface area (Å²) in [5, 5.41) is 7.37. The van der Waals surface area contributed by atoms with Crippen LogP contribution in [0.15, 0.2) is 72.4 Å². The van der Waals surface area contributed by atoms with Gasteiger partial charge in [-0.3, -0.25) is 4.79 Å². The number of hydrogen-bond acceptors (Lipinski definition) is 8. The number of nitrogens with one attached hydrogen (secondary N) is 1. The van der Waals surface area contributed by atoms with E-state index in [4.69, 9.17) is 9.47 Å². The molecule has 0 bridgehead atoms. The molecule has 0 unspecified atom stereocenters. The van der Waals surface area contributed by atoms with Crippen molar-refractivity contribution in [2.24, 2.45) is 0 Å². The molecule has 0 spiro atoms. The second kappa shape index (κ2) is 12.2. The van der Waals surface area contributed by atoms with Crippen molar-refractivity contribution in [3.8, 4) is 22.6 Å². The third-order valence-electron chi connectivity index (χ3n) is 7.50. The number of carbonyl (C=O) groups is 1. The Hall–Kier alpha value is -4.50. The van der Waals surface area contributed by atoms with Gasteiger partial charge in [-0.15, -0.1) is 11.3 Å². The number of thiazole rings is 1. The fraction of sp³-hybridized carbons (Fsp3) is 0.273. The normalized spacial score (nSPS) is 12.7. The molecule has 6 rings (SSSR count). The van der Waals surface area contributed by atoms with E-state index in [1.54, 1.807) is 31.9 Å². The minimum absolute atomic E-state index is 0.139. The molecule has 42 heavy (non-hydrogen) atoms. The summed E-state index contributed by atoms with van der Waals surface area (Å²) in [5.74, 6) is 2.38. The van der Waals surface area contributed by atoms with E-state index in [1.807, 2.05) is 41.5 Å². The number of fused-ring (bicyclic) bond motifs is 1. The van der Waals surface area contributed by atoms with Gasteiger partial charge in [0.05, 0.1) is 36.9 Å². The maximum absolute atomic E-state index is 13.2. The number of benzene rings is 3. The van der Waals surface area contributed by atoms with Crippen LogP contribution in [0.5, 0.6) is 11.5 Å². The molecule has 9 heteroatoms. The van der Waals surface area contributed by atoms with Gasteiger partial charge in [-0.25, -0.2) is 15.0 Å². The standard InChI is InChI=1S/C33H33N5O3S/c1-21-37-26(19-42-21)15-32(39)38(27-9-10-27)18-22-5-4-6-23(13-22)24-8-12-30-29(14-24)33(36-20-35-30)34-17-25-7-11-28(40-2)16-31(25)41-3/h4-8,11-14,16,19-20,27H,9-10,15,17-18H2,1-3H3,(H,34,35,36). The van der Waals surface area contributed by atoms with E-state index in [0.29, 0.717) is 25.6 Å². The third-order valence-corrected chi connectivity index (χ3v) is 8.32. The van der Waals surface area contributed by atoms with Crippen molar-refractivity contribution in [3.05, 3.63) is 94.2 Å². The Labute approximate surface area is 249 Å². The van der Waals surface area contributed by atoms with Gasteiger partial charge < -0.3 is 19.7 Å². The SMILES string of the molecule is COc1ccc(CNc2ncnc3ccc(-c4cccc(CN(C(=O)Cc5csc(C)n5)C5CC5)c4)cc23)c(OC)c1. The predicted octanol–water partition coefficient (Wildman–Crippen LogP) is 6.42. The number of aryl methyl sites for hydroxylation is 1. The van der Waals surface area contributed by atoms with Crippen LogP contribution in [0.4, 0.5) is 5.82 Å². The molecule has 0 radical (unpaired) electrons. The lowest BCUT2D eigenvalue weighted by Crippen LogP contribution is -2.33. The molecule has 1 aliphatic rings. The summed E-state index contributed by atoms with van der Waals surface area (Å²) in [6, 6.07) is 20.8. The second-order valence-electron chi connectivity index (χ2n) is 10.5. The second-order valence-corrected chi connectivity index (χ2v) is 11.5. The van der Waals surface area contributed by atoms with Crippen molar-refractivity contribution in [2.75, 3.05) is 19.5 Å². The molecule has 1 amide bonds. The van der Waals surface area contributed by atoms with Crippen molar-refractivity contribution >= 4 is 34.0 Å². The molecule has 1 fully saturated rings. The number of amides is 1. The van der Waals surface area contributed by atoms with Crippen LogP contribution in [0.3, 0.4) is 0 Å². The zero-order valence-electron chi connectivity index (χ0n) is 24.0. The van der Waals surface area contributed by atoms with Crippen LogP contribution in [0.25, 0.3) is 22.0 Å². The largest absolute Gasteiger partial charge is 0.497 e. The van der Waals surface area contributed by atoms with Crippen molar-refractivity contribution in [1.29, 1.82) is 0 Å². The summed E-state index contributed by atoms with van der Waals surface area (Å²) in [6.45, 7) is 3.09. The van der Waals surface area contributed by atoms with Crippen LogP contribution in [-0.4, -0.2) is 46.0 Å². The van der Waals surface area contributed by atoms with Crippen LogP contribution in [-0.2, 0) is 24.3 Å². The lowest BCUT2D eigenvalue weighted by molar-refractivity contribution is -0.131. The minimum Gasteiger partial charge on any atom is -0.497 e. The van der Waals surface area contributed by atoms with Crippen molar-refractivity contribution in [2.45, 2.75) is 45.3 Å². The molecule has 2 aromatic heterocycles. The molecule has 1 saturated carbocycles. The van der Waals surface area contributed by atoms with E-state index >= 15 is 0 Å². The monoisotopic (exact) mass is 579 g/mol. The molecule has 1 aliphatic carbocycles. The summed E-state index contributed by atoms with van der Waals surface area (Å²) < 4.78 is 10.9. The average molecular weight is 580 g/mol. The molecule has 0 saturated heterocycles. The summed E-state index contributed by atoms with van der Waals surface area (Å²) in [5.41, 5.74) is 5.96. The van der Waals surface area contributed by atoms with Crippen molar-refractivity contribution in [3.63, 3.8) is 0 Å². The van der Waals surface area contributed by atoms with Gasteiger partial charge in [0.2, 0.25) is 5.91 Å². The topological polar surface area (TPSA) is 89.5 Å². The van der Waals surface area contributed by atoms with Gasteiger partial charge in [-0.05, 0) is 66.8 Å². The molecular weight excluding hydrogens is 546 g/mol. The summed E-state index contributed by atoms with van der Waals surface area (Å²) in [6.07, 6.45) is 4.05. The zero-order valence-corrected chi connectivity index (χ0v) is 24.8. The van der Waals surface area contributed by atoms with Gasteiger partial charge in [-0.1, -0.05) is 24.3 Å². The first-order valence-corrected chi connectivity index (χ1v) is 14.9. The van der Waals surface area contributed by atoms with Gasteiger partial charge >= 0.3 is 0 Å². The molecule has 8 nitrogen and oxygen atoms in total. The molecule has 2 heterocycles. The highest BCUT2D eigenvalue weighted by molar-refractivity contribution is 7.09. The van der Waals surface area contributed by atoms with E-state index < -0.39 is 0 Å². The molecule has 0 aliphatic heterocycles. The predicted molar refractivity (Wildman–Crippen MR) is 166 cm³/mol. The fourth-order valence-corrected chi connectivity index (χ4v) is 5.77. The maximum Gasteiger partial charge on any atom is 0.229 e. The Balaban J connectivity index is 1.22. The van der Waals surface area contributed by atoms with E-state index in [0.717, 1.165) is 74.0 Å². The Kier molecular flexibility index (Phi) is 8.01. The van der Waals surface area contributed by atoms with Crippen LogP contribution >= 0.6 is 11.3 Å². The molecule has 214 valence electrons. The molecule has 5 aromatic rings. The number of anilines is 1. The first kappa shape index (κ1) is 27.7. The molecule has 1 N–H and O–H groups in total. The van der Waals surface area contributed by atoms with Gasteiger partial charge in [0.1, 0.15) is 23.6 Å². The molecular formula is C33H33N5O3S. The van der Waals surface area contributed by atoms with Gasteiger partial charge in [0.15, 0.2) is 0 Å². The summed E-state index contributed by atoms with van der Waals surface area (Å²) >= 11 is 1.59. The maximum atomic E-state index is 13.2. The average Bonchev–Trinajstić information content (AvgIpc) is 3.78. The highest BCUT2D eigenvalue weighted by atomic mass is 32.1. The first-order chi connectivity index (χ1) is 20.5. The third kappa shape index (κ3) is 6.21. The van der Waals surface area contributed by atoms with E-state index in [1.165, 1.54) is 0 Å². The van der Waals surface area contributed by atoms with Gasteiger partial charge in [0.25, 0.3) is 0 Å². The van der Waals surface area contributed by atoms with Crippen LogP contribution in [0, 0.1) is 6.92 Å². The number of rotatable bonds is 11. The van der Waals surface area contributed by atoms with Crippen LogP contribution in [0.1, 0.15) is 34.7 Å². The number of hydrogen-bond donors (Lipinski definition) is 1. The number of aromatic nitrogens is 3.